The molecule has 0 heterocycles. The van der Waals surface area contributed by atoms with Gasteiger partial charge in [-0.2, -0.15) is 0 Å². The first-order valence-corrected chi connectivity index (χ1v) is 7.66. The molecular weight excluding hydrogens is 244 g/mol. The van der Waals surface area contributed by atoms with Gasteiger partial charge in [0.2, 0.25) is 0 Å². The molecule has 2 atom stereocenters. The lowest BCUT2D eigenvalue weighted by Crippen LogP contribution is -2.41. The second kappa shape index (κ2) is 3.94. The molecule has 2 aliphatic rings. The molecule has 1 heteroatoms. The molecule has 0 N–H and O–H groups in total. The average Bonchev–Trinajstić information content (AvgIpc) is 2.94. The summed E-state index contributed by atoms with van der Waals surface area (Å²) < 4.78 is 0. The van der Waals surface area contributed by atoms with Crippen molar-refractivity contribution in [2.24, 2.45) is 11.8 Å². The molecule has 1 nitrogen and oxygen atoms in total. The minimum absolute atomic E-state index is 0.119. The summed E-state index contributed by atoms with van der Waals surface area (Å²) in [5.74, 6) is 1.19. The molecule has 4 rings (SSSR count). The maximum Gasteiger partial charge on any atom is 0.166 e. The van der Waals surface area contributed by atoms with Gasteiger partial charge in [0.15, 0.2) is 5.78 Å². The van der Waals surface area contributed by atoms with Crippen molar-refractivity contribution in [1.29, 1.82) is 0 Å². The zero-order valence-corrected chi connectivity index (χ0v) is 12.1. The first-order chi connectivity index (χ1) is 9.59. The van der Waals surface area contributed by atoms with E-state index in [1.165, 1.54) is 29.2 Å². The van der Waals surface area contributed by atoms with Crippen LogP contribution in [0, 0.1) is 11.8 Å². The summed E-state index contributed by atoms with van der Waals surface area (Å²) in [6, 6.07) is 12.8. The zero-order chi connectivity index (χ0) is 13.9. The summed E-state index contributed by atoms with van der Waals surface area (Å²) in [5, 5.41) is 2.44. The van der Waals surface area contributed by atoms with Crippen molar-refractivity contribution in [3.05, 3.63) is 47.5 Å². The van der Waals surface area contributed by atoms with Crippen LogP contribution in [0.4, 0.5) is 0 Å². The Bertz CT molecular complexity index is 711. The smallest absolute Gasteiger partial charge is 0.166 e. The fraction of sp³-hybridized carbons (Fsp3) is 0.421. The molecule has 0 aliphatic heterocycles. The second-order valence-corrected chi connectivity index (χ2v) is 6.97. The fourth-order valence-corrected chi connectivity index (χ4v) is 4.51. The van der Waals surface area contributed by atoms with E-state index in [4.69, 9.17) is 0 Å². The van der Waals surface area contributed by atoms with Gasteiger partial charge < -0.3 is 0 Å². The highest BCUT2D eigenvalue weighted by Gasteiger charge is 2.48. The lowest BCUT2D eigenvalue weighted by Gasteiger charge is -2.41. The first kappa shape index (κ1) is 12.1. The van der Waals surface area contributed by atoms with Crippen molar-refractivity contribution in [3.8, 4) is 0 Å². The third-order valence-corrected chi connectivity index (χ3v) is 5.63. The van der Waals surface area contributed by atoms with Gasteiger partial charge in [0.1, 0.15) is 0 Å². The lowest BCUT2D eigenvalue weighted by atomic mass is 9.61. The van der Waals surface area contributed by atoms with Crippen LogP contribution >= 0.6 is 0 Å². The maximum absolute atomic E-state index is 12.8. The molecule has 0 aromatic heterocycles. The molecule has 0 amide bonds. The number of fused-ring (bicyclic) bond motifs is 3. The normalized spacial score (nSPS) is 27.4. The van der Waals surface area contributed by atoms with Crippen molar-refractivity contribution >= 4 is 16.6 Å². The average molecular weight is 264 g/mol. The van der Waals surface area contributed by atoms with Gasteiger partial charge in [-0.25, -0.2) is 0 Å². The Hall–Kier alpha value is -1.63. The van der Waals surface area contributed by atoms with Crippen molar-refractivity contribution < 1.29 is 4.79 Å². The van der Waals surface area contributed by atoms with Crippen LogP contribution in [0.25, 0.3) is 10.8 Å². The molecule has 1 saturated carbocycles. The van der Waals surface area contributed by atoms with E-state index in [2.05, 4.69) is 44.2 Å². The van der Waals surface area contributed by atoms with Gasteiger partial charge in [-0.05, 0) is 52.6 Å². The first-order valence-electron chi connectivity index (χ1n) is 7.66. The van der Waals surface area contributed by atoms with E-state index in [0.717, 1.165) is 12.0 Å². The molecule has 2 aromatic rings. The van der Waals surface area contributed by atoms with Crippen LogP contribution < -0.4 is 0 Å². The highest BCUT2D eigenvalue weighted by atomic mass is 16.1. The standard InChI is InChI=1S/C19H20O/c1-19(2)16-9-5-8-14(16)18(20)15-10-12-6-3-4-7-13(12)11-17(15)19/h3-4,6-7,10-11,14,16H,5,8-9H2,1-2H3. The highest BCUT2D eigenvalue weighted by Crippen LogP contribution is 2.51. The van der Waals surface area contributed by atoms with Gasteiger partial charge in [-0.15, -0.1) is 0 Å². The van der Waals surface area contributed by atoms with E-state index >= 15 is 0 Å². The Kier molecular flexibility index (Phi) is 2.39. The highest BCUT2D eigenvalue weighted by molar-refractivity contribution is 6.04. The molecule has 0 bridgehead atoms. The largest absolute Gasteiger partial charge is 0.294 e. The van der Waals surface area contributed by atoms with Crippen molar-refractivity contribution in [3.63, 3.8) is 0 Å². The number of hydrogen-bond donors (Lipinski definition) is 0. The predicted octanol–water partition coefficient (Wildman–Crippen LogP) is 4.73. The third-order valence-electron chi connectivity index (χ3n) is 5.63. The van der Waals surface area contributed by atoms with Gasteiger partial charge in [0, 0.05) is 11.5 Å². The Balaban J connectivity index is 2.02. The fourth-order valence-electron chi connectivity index (χ4n) is 4.51. The summed E-state index contributed by atoms with van der Waals surface area (Å²) in [5.41, 5.74) is 2.37. The molecule has 1 fully saturated rings. The van der Waals surface area contributed by atoms with Crippen LogP contribution in [0.3, 0.4) is 0 Å². The molecule has 2 aliphatic carbocycles. The van der Waals surface area contributed by atoms with Crippen LogP contribution in [0.15, 0.2) is 36.4 Å². The van der Waals surface area contributed by atoms with Gasteiger partial charge >= 0.3 is 0 Å². The topological polar surface area (TPSA) is 17.1 Å². The molecular formula is C19H20O. The number of carbonyl (C=O) groups is 1. The van der Waals surface area contributed by atoms with Gasteiger partial charge in [0.05, 0.1) is 0 Å². The minimum atomic E-state index is 0.119. The van der Waals surface area contributed by atoms with Crippen molar-refractivity contribution in [2.75, 3.05) is 0 Å². The predicted molar refractivity (Wildman–Crippen MR) is 82.1 cm³/mol. The number of rotatable bonds is 0. The van der Waals surface area contributed by atoms with E-state index in [9.17, 15) is 4.79 Å². The van der Waals surface area contributed by atoms with E-state index in [-0.39, 0.29) is 11.3 Å². The third kappa shape index (κ3) is 1.47. The monoisotopic (exact) mass is 264 g/mol. The molecule has 0 spiro atoms. The Morgan fingerprint density at radius 2 is 1.75 bits per heavy atom. The molecule has 0 saturated heterocycles. The van der Waals surface area contributed by atoms with Crippen LogP contribution in [0.1, 0.15) is 49.0 Å². The molecule has 102 valence electrons. The second-order valence-electron chi connectivity index (χ2n) is 6.97. The van der Waals surface area contributed by atoms with Crippen LogP contribution in [0.2, 0.25) is 0 Å². The molecule has 2 aromatic carbocycles. The van der Waals surface area contributed by atoms with E-state index in [1.54, 1.807) is 0 Å². The van der Waals surface area contributed by atoms with E-state index in [1.807, 2.05) is 6.07 Å². The number of benzene rings is 2. The molecule has 20 heavy (non-hydrogen) atoms. The van der Waals surface area contributed by atoms with Crippen LogP contribution in [0.5, 0.6) is 0 Å². The summed E-state index contributed by atoms with van der Waals surface area (Å²) >= 11 is 0. The number of hydrogen-bond acceptors (Lipinski definition) is 1. The minimum Gasteiger partial charge on any atom is -0.294 e. The van der Waals surface area contributed by atoms with Crippen molar-refractivity contribution in [1.82, 2.24) is 0 Å². The van der Waals surface area contributed by atoms with E-state index in [0.29, 0.717) is 11.7 Å². The number of ketones is 1. The van der Waals surface area contributed by atoms with Crippen molar-refractivity contribution in [2.45, 2.75) is 38.5 Å². The lowest BCUT2D eigenvalue weighted by molar-refractivity contribution is 0.0818. The number of Topliss-reactive ketones (excluding diaryl/α,β-unsaturated/α-hetero) is 1. The van der Waals surface area contributed by atoms with Gasteiger partial charge in [-0.1, -0.05) is 44.5 Å². The summed E-state index contributed by atoms with van der Waals surface area (Å²) in [6.07, 6.45) is 3.49. The van der Waals surface area contributed by atoms with E-state index < -0.39 is 0 Å². The SMILES string of the molecule is CC1(C)c2cc3ccccc3cc2C(=O)C2CCCC21. The Labute approximate surface area is 120 Å². The number of carbonyl (C=O) groups excluding carboxylic acids is 1. The molecule has 2 unspecified atom stereocenters. The Morgan fingerprint density at radius 3 is 2.50 bits per heavy atom. The summed E-state index contributed by atoms with van der Waals surface area (Å²) in [4.78, 5) is 12.8. The van der Waals surface area contributed by atoms with Crippen LogP contribution in [-0.4, -0.2) is 5.78 Å². The zero-order valence-electron chi connectivity index (χ0n) is 12.1. The van der Waals surface area contributed by atoms with Gasteiger partial charge in [0.25, 0.3) is 0 Å². The molecule has 0 radical (unpaired) electrons. The Morgan fingerprint density at radius 1 is 1.05 bits per heavy atom. The summed E-state index contributed by atoms with van der Waals surface area (Å²) in [6.45, 7) is 4.66. The summed E-state index contributed by atoms with van der Waals surface area (Å²) in [7, 11) is 0. The maximum atomic E-state index is 12.8. The van der Waals surface area contributed by atoms with Crippen LogP contribution in [-0.2, 0) is 5.41 Å². The van der Waals surface area contributed by atoms with Gasteiger partial charge in [-0.3, -0.25) is 4.79 Å². The quantitative estimate of drug-likeness (QED) is 0.672.